The van der Waals surface area contributed by atoms with Crippen LogP contribution in [0.15, 0.2) is 48.1 Å². The van der Waals surface area contributed by atoms with Gasteiger partial charge in [0.25, 0.3) is 0 Å². The predicted molar refractivity (Wildman–Crippen MR) is 172 cm³/mol. The fourth-order valence-corrected chi connectivity index (χ4v) is 8.29. The van der Waals surface area contributed by atoms with Crippen LogP contribution in [0.2, 0.25) is 0 Å². The van der Waals surface area contributed by atoms with Crippen molar-refractivity contribution in [1.82, 2.24) is 0 Å². The van der Waals surface area contributed by atoms with Crippen molar-refractivity contribution in [3.05, 3.63) is 48.1 Å². The maximum atomic E-state index is 13.4. The molecule has 11 nitrogen and oxygen atoms in total. The van der Waals surface area contributed by atoms with E-state index in [-0.39, 0.29) is 11.1 Å². The van der Waals surface area contributed by atoms with E-state index in [9.17, 15) is 39.9 Å². The van der Waals surface area contributed by atoms with E-state index < -0.39 is 88.9 Å². The van der Waals surface area contributed by atoms with Gasteiger partial charge in [-0.1, -0.05) is 83.3 Å². The average molecular weight is 661 g/mol. The number of epoxide rings is 1. The van der Waals surface area contributed by atoms with E-state index >= 15 is 0 Å². The summed E-state index contributed by atoms with van der Waals surface area (Å²) in [5.41, 5.74) is -9.06. The lowest BCUT2D eigenvalue weighted by atomic mass is 9.53. The van der Waals surface area contributed by atoms with Gasteiger partial charge < -0.3 is 39.7 Å². The molecule has 4 rings (SSSR count). The molecular formula is C36H52O11. The molecule has 5 N–H and O–H groups in total. The molecule has 0 aromatic rings. The molecule has 0 unspecified atom stereocenters. The Balaban J connectivity index is 1.69. The molecule has 0 aromatic heterocycles. The number of ether oxygens (including phenoxy) is 3. The number of rotatable bonds is 14. The standard InChI is InChI=1S/C36H52O11/c1-7-8-9-10-11-12-13-14-15-16-17-18-26(39)46-31-27-30-33(20-37,47-30)32(41)36(44)25(19-22(4)28(36)40)35(27,43)23(5)29(45-24(6)38)34(31,42)21(2)3/h15-19,23,25,27,29-32,37,41-44H,2,7-14,20H2,1,3-6H3/b16-15+,18-17+/t23-,25+,27-,29-,30+,31-,32-,33+,34+,35+,36-/m1/s1. The second-order valence-electron chi connectivity index (χ2n) is 13.9. The third-order valence-corrected chi connectivity index (χ3v) is 10.9. The molecule has 0 radical (unpaired) electrons. The number of carbonyl (C=O) groups is 3. The zero-order chi connectivity index (χ0) is 34.9. The van der Waals surface area contributed by atoms with Crippen molar-refractivity contribution in [2.45, 2.75) is 133 Å². The second-order valence-corrected chi connectivity index (χ2v) is 13.9. The van der Waals surface area contributed by atoms with Crippen LogP contribution in [-0.2, 0) is 28.6 Å². The molecule has 0 bridgehead atoms. The minimum absolute atomic E-state index is 0.0403. The van der Waals surface area contributed by atoms with Gasteiger partial charge in [0.15, 0.2) is 17.0 Å². The summed E-state index contributed by atoms with van der Waals surface area (Å²) in [6.45, 7) is 10.7. The van der Waals surface area contributed by atoms with Gasteiger partial charge >= 0.3 is 11.9 Å². The van der Waals surface area contributed by atoms with Crippen LogP contribution in [0.4, 0.5) is 0 Å². The molecule has 11 atom stereocenters. The van der Waals surface area contributed by atoms with E-state index in [0.29, 0.717) is 0 Å². The lowest BCUT2D eigenvalue weighted by Gasteiger charge is -2.59. The zero-order valence-corrected chi connectivity index (χ0v) is 28.2. The Kier molecular flexibility index (Phi) is 11.1. The van der Waals surface area contributed by atoms with Gasteiger partial charge in [0, 0.05) is 24.8 Å². The van der Waals surface area contributed by atoms with E-state index in [1.54, 1.807) is 6.08 Å². The van der Waals surface area contributed by atoms with Gasteiger partial charge in [0.05, 0.1) is 18.1 Å². The van der Waals surface area contributed by atoms with E-state index in [0.717, 1.165) is 32.3 Å². The third-order valence-electron chi connectivity index (χ3n) is 10.9. The summed E-state index contributed by atoms with van der Waals surface area (Å²) in [6, 6.07) is 0. The van der Waals surface area contributed by atoms with Crippen molar-refractivity contribution in [3.63, 3.8) is 0 Å². The highest BCUT2D eigenvalue weighted by atomic mass is 16.6. The fraction of sp³-hybridized carbons (Fsp3) is 0.694. The Morgan fingerprint density at radius 3 is 2.26 bits per heavy atom. The number of allylic oxidation sites excluding steroid dienone is 3. The van der Waals surface area contributed by atoms with Crippen LogP contribution in [-0.4, -0.2) is 96.7 Å². The van der Waals surface area contributed by atoms with Crippen molar-refractivity contribution in [3.8, 4) is 0 Å². The average Bonchev–Trinajstić information content (AvgIpc) is 3.71. The van der Waals surface area contributed by atoms with Gasteiger partial charge in [-0.15, -0.1) is 0 Å². The topological polar surface area (TPSA) is 183 Å². The first-order chi connectivity index (χ1) is 22.1. The monoisotopic (exact) mass is 660 g/mol. The van der Waals surface area contributed by atoms with Crippen LogP contribution >= 0.6 is 0 Å². The normalized spacial score (nSPS) is 40.8. The van der Waals surface area contributed by atoms with Gasteiger partial charge in [0.1, 0.15) is 30.0 Å². The molecule has 0 spiro atoms. The van der Waals surface area contributed by atoms with E-state index in [1.807, 2.05) is 6.08 Å². The highest BCUT2D eigenvalue weighted by Gasteiger charge is 2.85. The molecule has 0 aromatic carbocycles. The van der Waals surface area contributed by atoms with Crippen molar-refractivity contribution in [1.29, 1.82) is 0 Å². The van der Waals surface area contributed by atoms with Gasteiger partial charge in [0.2, 0.25) is 0 Å². The summed E-state index contributed by atoms with van der Waals surface area (Å²) in [5, 5.41) is 59.1. The molecule has 47 heavy (non-hydrogen) atoms. The lowest BCUT2D eigenvalue weighted by Crippen LogP contribution is -2.76. The predicted octanol–water partition coefficient (Wildman–Crippen LogP) is 2.77. The van der Waals surface area contributed by atoms with Crippen molar-refractivity contribution in [2.24, 2.45) is 17.8 Å². The maximum absolute atomic E-state index is 13.4. The van der Waals surface area contributed by atoms with Crippen molar-refractivity contribution in [2.75, 3.05) is 6.61 Å². The molecule has 11 heteroatoms. The van der Waals surface area contributed by atoms with Crippen LogP contribution in [0.25, 0.3) is 0 Å². The number of hydrogen-bond donors (Lipinski definition) is 5. The first kappa shape index (κ1) is 37.2. The van der Waals surface area contributed by atoms with E-state index in [1.165, 1.54) is 65.0 Å². The summed E-state index contributed by atoms with van der Waals surface area (Å²) in [4.78, 5) is 39.2. The molecule has 2 saturated carbocycles. The van der Waals surface area contributed by atoms with Crippen LogP contribution < -0.4 is 0 Å². The highest BCUT2D eigenvalue weighted by Crippen LogP contribution is 2.66. The van der Waals surface area contributed by atoms with Crippen molar-refractivity contribution < 1.29 is 54.1 Å². The Hall–Kier alpha value is -2.67. The summed E-state index contributed by atoms with van der Waals surface area (Å²) >= 11 is 0. The maximum Gasteiger partial charge on any atom is 0.331 e. The molecular weight excluding hydrogens is 608 g/mol. The Bertz CT molecular complexity index is 1320. The summed E-state index contributed by atoms with van der Waals surface area (Å²) in [7, 11) is 0. The molecule has 3 aliphatic carbocycles. The van der Waals surface area contributed by atoms with E-state index in [4.69, 9.17) is 14.2 Å². The van der Waals surface area contributed by atoms with Gasteiger partial charge in [-0.2, -0.15) is 0 Å². The minimum Gasteiger partial charge on any atom is -0.459 e. The number of aliphatic hydroxyl groups excluding tert-OH is 2. The number of ketones is 1. The summed E-state index contributed by atoms with van der Waals surface area (Å²) in [6.07, 6.45) is 10.1. The highest BCUT2D eigenvalue weighted by molar-refractivity contribution is 6.05. The molecule has 0 amide bonds. The molecule has 262 valence electrons. The minimum atomic E-state index is -2.65. The molecule has 4 aliphatic rings. The van der Waals surface area contributed by atoms with E-state index in [2.05, 4.69) is 13.5 Å². The van der Waals surface area contributed by atoms with Crippen molar-refractivity contribution >= 4 is 17.7 Å². The Labute approximate surface area is 277 Å². The molecule has 1 aliphatic heterocycles. The third kappa shape index (κ3) is 6.08. The van der Waals surface area contributed by atoms with Gasteiger partial charge in [-0.3, -0.25) is 9.59 Å². The Morgan fingerprint density at radius 2 is 1.66 bits per heavy atom. The number of Topliss-reactive ketones (excluding diaryl/α,β-unsaturated/α-hetero) is 1. The van der Waals surface area contributed by atoms with Crippen LogP contribution in [0, 0.1) is 17.8 Å². The Morgan fingerprint density at radius 1 is 1.02 bits per heavy atom. The molecule has 1 saturated heterocycles. The van der Waals surface area contributed by atoms with Gasteiger partial charge in [-0.05, 0) is 37.8 Å². The second kappa shape index (κ2) is 14.1. The quantitative estimate of drug-likeness (QED) is 0.0461. The number of fused-ring (bicyclic) bond motifs is 5. The van der Waals surface area contributed by atoms with Crippen LogP contribution in [0.5, 0.6) is 0 Å². The fourth-order valence-electron chi connectivity index (χ4n) is 8.29. The van der Waals surface area contributed by atoms with Crippen LogP contribution in [0.3, 0.4) is 0 Å². The number of unbranched alkanes of at least 4 members (excludes halogenated alkanes) is 7. The number of aliphatic hydroxyl groups is 5. The first-order valence-electron chi connectivity index (χ1n) is 16.8. The number of carbonyl (C=O) groups excluding carboxylic acids is 3. The lowest BCUT2D eigenvalue weighted by molar-refractivity contribution is -0.287. The number of hydrogen-bond acceptors (Lipinski definition) is 11. The first-order valence-corrected chi connectivity index (χ1v) is 16.8. The largest absolute Gasteiger partial charge is 0.459 e. The SMILES string of the molecule is C=C(C)[C@@]1(O)[C@H](OC(=O)/C=C/C=C/CCCCCCCCC)[C@H]2[C@@H]3O[C@]3(CO)[C@@H](O)[C@]3(O)C(=O)C(C)=C[C@H]3[C@@]2(O)[C@H](C)[C@H]1OC(C)=O. The summed E-state index contributed by atoms with van der Waals surface area (Å²) < 4.78 is 17.4. The zero-order valence-electron chi connectivity index (χ0n) is 28.2. The smallest absolute Gasteiger partial charge is 0.331 e. The molecule has 1 heterocycles. The molecule has 3 fully saturated rings. The van der Waals surface area contributed by atoms with Crippen LogP contribution in [0.1, 0.15) is 86.0 Å². The van der Waals surface area contributed by atoms with Gasteiger partial charge in [-0.25, -0.2) is 4.79 Å². The number of esters is 2. The summed E-state index contributed by atoms with van der Waals surface area (Å²) in [5.74, 6) is -6.79.